The number of hydrogen-bond donors (Lipinski definition) is 2. The molecule has 0 saturated carbocycles. The maximum atomic E-state index is 12.3. The van der Waals surface area contributed by atoms with Crippen molar-refractivity contribution in [2.75, 3.05) is 13.2 Å². The van der Waals surface area contributed by atoms with E-state index in [1.165, 1.54) is 4.68 Å². The second-order valence-electron chi connectivity index (χ2n) is 6.19. The molecule has 2 heterocycles. The van der Waals surface area contributed by atoms with E-state index >= 15 is 0 Å². The maximum Gasteiger partial charge on any atom is 0.411 e. The van der Waals surface area contributed by atoms with Crippen LogP contribution in [-0.4, -0.2) is 61.5 Å². The van der Waals surface area contributed by atoms with Gasteiger partial charge in [-0.25, -0.2) is 9.59 Å². The van der Waals surface area contributed by atoms with Crippen LogP contribution in [0.15, 0.2) is 0 Å². The van der Waals surface area contributed by atoms with E-state index in [4.69, 9.17) is 9.84 Å². The molecule has 0 aliphatic carbocycles. The second kappa shape index (κ2) is 5.99. The Balaban J connectivity index is 2.37. The Morgan fingerprint density at radius 2 is 1.96 bits per heavy atom. The summed E-state index contributed by atoms with van der Waals surface area (Å²) >= 11 is 0. The van der Waals surface area contributed by atoms with Crippen LogP contribution in [0.2, 0.25) is 0 Å². The first kappa shape index (κ1) is 16.9. The number of carbonyl (C=O) groups excluding carboxylic acids is 2. The maximum absolute atomic E-state index is 12.3. The van der Waals surface area contributed by atoms with Gasteiger partial charge in [-0.05, 0) is 20.8 Å². The van der Waals surface area contributed by atoms with Crippen molar-refractivity contribution in [2.24, 2.45) is 0 Å². The largest absolute Gasteiger partial charge is 0.476 e. The first-order valence-corrected chi connectivity index (χ1v) is 7.09. The van der Waals surface area contributed by atoms with Gasteiger partial charge in [0.15, 0.2) is 5.69 Å². The van der Waals surface area contributed by atoms with E-state index in [1.54, 1.807) is 20.8 Å². The molecule has 0 unspecified atom stereocenters. The fourth-order valence-electron chi connectivity index (χ4n) is 2.34. The summed E-state index contributed by atoms with van der Waals surface area (Å²) in [6, 6.07) is 0. The monoisotopic (exact) mass is 325 g/mol. The average molecular weight is 325 g/mol. The standard InChI is InChI=1S/C14H19N3O6/c1-14(2,3)23-13(22)16-6-8-10(12(20)21)15-17(4-5-18)11(8)9(19)7-16/h18H,4-7H2,1-3H3,(H,20,21). The predicted molar refractivity (Wildman–Crippen MR) is 77.2 cm³/mol. The molecule has 1 aliphatic rings. The third kappa shape index (κ3) is 3.50. The molecule has 9 heteroatoms. The minimum Gasteiger partial charge on any atom is -0.476 e. The molecule has 126 valence electrons. The van der Waals surface area contributed by atoms with Gasteiger partial charge in [-0.15, -0.1) is 0 Å². The second-order valence-corrected chi connectivity index (χ2v) is 6.19. The van der Waals surface area contributed by atoms with E-state index in [-0.39, 0.29) is 43.2 Å². The molecule has 1 aliphatic heterocycles. The van der Waals surface area contributed by atoms with Crippen molar-refractivity contribution in [2.45, 2.75) is 39.5 Å². The minimum atomic E-state index is -1.29. The van der Waals surface area contributed by atoms with Gasteiger partial charge in [0.2, 0.25) is 5.78 Å². The molecule has 2 N–H and O–H groups in total. The number of fused-ring (bicyclic) bond motifs is 1. The summed E-state index contributed by atoms with van der Waals surface area (Å²) in [6.45, 7) is 4.52. The highest BCUT2D eigenvalue weighted by Gasteiger charge is 2.36. The van der Waals surface area contributed by atoms with E-state index in [9.17, 15) is 19.5 Å². The number of aliphatic hydroxyl groups excluding tert-OH is 1. The average Bonchev–Trinajstić information content (AvgIpc) is 2.76. The van der Waals surface area contributed by atoms with Gasteiger partial charge in [-0.1, -0.05) is 0 Å². The minimum absolute atomic E-state index is 0.00773. The van der Waals surface area contributed by atoms with Gasteiger partial charge in [0, 0.05) is 5.56 Å². The lowest BCUT2D eigenvalue weighted by Crippen LogP contribution is -2.43. The summed E-state index contributed by atoms with van der Waals surface area (Å²) in [5.74, 6) is -1.73. The van der Waals surface area contributed by atoms with Gasteiger partial charge in [0.1, 0.15) is 11.3 Å². The summed E-state index contributed by atoms with van der Waals surface area (Å²) in [5.41, 5.74) is -0.740. The number of hydrogen-bond acceptors (Lipinski definition) is 6. The molecule has 1 aromatic rings. The molecule has 0 fully saturated rings. The molecule has 1 amide bonds. The first-order chi connectivity index (χ1) is 10.6. The van der Waals surface area contributed by atoms with Crippen molar-refractivity contribution in [3.8, 4) is 0 Å². The Bertz CT molecular complexity index is 658. The normalized spacial score (nSPS) is 14.6. The lowest BCUT2D eigenvalue weighted by Gasteiger charge is -2.29. The van der Waals surface area contributed by atoms with E-state index in [1.807, 2.05) is 0 Å². The fourth-order valence-corrected chi connectivity index (χ4v) is 2.34. The van der Waals surface area contributed by atoms with Crippen molar-refractivity contribution in [3.05, 3.63) is 17.0 Å². The van der Waals surface area contributed by atoms with Crippen LogP contribution < -0.4 is 0 Å². The third-order valence-electron chi connectivity index (χ3n) is 3.16. The molecule has 0 atom stereocenters. The summed E-state index contributed by atoms with van der Waals surface area (Å²) in [5, 5.41) is 22.1. The Morgan fingerprint density at radius 3 is 2.48 bits per heavy atom. The van der Waals surface area contributed by atoms with Crippen LogP contribution in [0.1, 0.15) is 47.3 Å². The van der Waals surface area contributed by atoms with Gasteiger partial charge in [0.25, 0.3) is 0 Å². The first-order valence-electron chi connectivity index (χ1n) is 7.09. The van der Waals surface area contributed by atoms with Crippen molar-refractivity contribution < 1.29 is 29.3 Å². The Morgan fingerprint density at radius 1 is 1.30 bits per heavy atom. The number of nitrogens with zero attached hydrogens (tertiary/aromatic N) is 3. The molecule has 0 bridgehead atoms. The van der Waals surface area contributed by atoms with E-state index in [2.05, 4.69) is 5.10 Å². The molecule has 0 saturated heterocycles. The molecule has 0 radical (unpaired) electrons. The molecule has 0 aromatic carbocycles. The summed E-state index contributed by atoms with van der Waals surface area (Å²) in [6.07, 6.45) is -0.692. The van der Waals surface area contributed by atoms with Crippen molar-refractivity contribution in [1.29, 1.82) is 0 Å². The number of aromatic nitrogens is 2. The number of carboxylic acids is 1. The number of aromatic carboxylic acids is 1. The van der Waals surface area contributed by atoms with E-state index in [0.29, 0.717) is 0 Å². The summed E-state index contributed by atoms with van der Waals surface area (Å²) < 4.78 is 6.39. The predicted octanol–water partition coefficient (Wildman–Crippen LogP) is 0.507. The van der Waals surface area contributed by atoms with Crippen molar-refractivity contribution >= 4 is 17.8 Å². The van der Waals surface area contributed by atoms with Crippen molar-refractivity contribution in [1.82, 2.24) is 14.7 Å². The smallest absolute Gasteiger partial charge is 0.411 e. The lowest BCUT2D eigenvalue weighted by atomic mass is 10.0. The Labute approximate surface area is 132 Å². The zero-order valence-electron chi connectivity index (χ0n) is 13.2. The van der Waals surface area contributed by atoms with Crippen LogP contribution in [0.3, 0.4) is 0 Å². The SMILES string of the molecule is CC(C)(C)OC(=O)N1CC(=O)c2c(c(C(=O)O)nn2CCO)C1. The van der Waals surface area contributed by atoms with Gasteiger partial charge < -0.3 is 14.9 Å². The van der Waals surface area contributed by atoms with Crippen LogP contribution in [0, 0.1) is 0 Å². The quantitative estimate of drug-likeness (QED) is 0.830. The van der Waals surface area contributed by atoms with Gasteiger partial charge in [-0.3, -0.25) is 14.4 Å². The van der Waals surface area contributed by atoms with Crippen LogP contribution in [-0.2, 0) is 17.8 Å². The number of Topliss-reactive ketones (excluding diaryl/α,β-unsaturated/α-hetero) is 1. The Hall–Kier alpha value is -2.42. The van der Waals surface area contributed by atoms with E-state index < -0.39 is 23.4 Å². The lowest BCUT2D eigenvalue weighted by molar-refractivity contribution is 0.0217. The number of amides is 1. The number of ether oxygens (including phenoxy) is 1. The molecule has 1 aromatic heterocycles. The zero-order chi connectivity index (χ0) is 17.4. The van der Waals surface area contributed by atoms with E-state index in [0.717, 1.165) is 4.90 Å². The van der Waals surface area contributed by atoms with Crippen LogP contribution >= 0.6 is 0 Å². The highest BCUT2D eigenvalue weighted by atomic mass is 16.6. The molecule has 9 nitrogen and oxygen atoms in total. The topological polar surface area (TPSA) is 122 Å². The number of carbonyl (C=O) groups is 3. The van der Waals surface area contributed by atoms with Crippen LogP contribution in [0.5, 0.6) is 0 Å². The zero-order valence-corrected chi connectivity index (χ0v) is 13.2. The summed E-state index contributed by atoms with van der Waals surface area (Å²) in [7, 11) is 0. The summed E-state index contributed by atoms with van der Waals surface area (Å²) in [4.78, 5) is 36.9. The van der Waals surface area contributed by atoms with Crippen LogP contribution in [0.25, 0.3) is 0 Å². The molecule has 2 rings (SSSR count). The van der Waals surface area contributed by atoms with Gasteiger partial charge in [0.05, 0.1) is 26.2 Å². The highest BCUT2D eigenvalue weighted by Crippen LogP contribution is 2.24. The number of aliphatic hydroxyl groups is 1. The van der Waals surface area contributed by atoms with Crippen molar-refractivity contribution in [3.63, 3.8) is 0 Å². The number of ketones is 1. The highest BCUT2D eigenvalue weighted by molar-refractivity contribution is 6.02. The van der Waals surface area contributed by atoms with Gasteiger partial charge >= 0.3 is 12.1 Å². The van der Waals surface area contributed by atoms with Gasteiger partial charge in [-0.2, -0.15) is 5.10 Å². The molecule has 0 spiro atoms. The molecule has 23 heavy (non-hydrogen) atoms. The Kier molecular flexibility index (Phi) is 4.42. The fraction of sp³-hybridized carbons (Fsp3) is 0.571. The number of rotatable bonds is 3. The molecular weight excluding hydrogens is 306 g/mol. The third-order valence-corrected chi connectivity index (χ3v) is 3.16. The number of carboxylic acid groups (broad SMARTS) is 1. The van der Waals surface area contributed by atoms with Crippen LogP contribution in [0.4, 0.5) is 4.79 Å². The molecular formula is C14H19N3O6.